The molecule has 2 amide bonds. The number of nitrogens with zero attached hydrogens (tertiary/aromatic N) is 1. The third-order valence-electron chi connectivity index (χ3n) is 2.21. The topological polar surface area (TPSA) is 63.7 Å². The highest BCUT2D eigenvalue weighted by Gasteiger charge is 2.36. The van der Waals surface area contributed by atoms with Gasteiger partial charge in [0.15, 0.2) is 0 Å². The van der Waals surface area contributed by atoms with Crippen molar-refractivity contribution in [2.24, 2.45) is 0 Å². The fraction of sp³-hybridized carbons (Fsp3) is 0.182. The van der Waals surface area contributed by atoms with E-state index >= 15 is 0 Å². The van der Waals surface area contributed by atoms with E-state index in [9.17, 15) is 14.4 Å². The quantitative estimate of drug-likeness (QED) is 0.626. The number of carbonyl (C=O) groups excluding carboxylic acids is 3. The van der Waals surface area contributed by atoms with E-state index in [1.807, 2.05) is 17.5 Å². The average molecular weight is 283 g/mol. The van der Waals surface area contributed by atoms with Crippen molar-refractivity contribution in [2.75, 3.05) is 13.7 Å². The van der Waals surface area contributed by atoms with Crippen molar-refractivity contribution in [3.8, 4) is 0 Å². The van der Waals surface area contributed by atoms with Gasteiger partial charge in [0.05, 0.1) is 12.0 Å². The summed E-state index contributed by atoms with van der Waals surface area (Å²) in [6, 6.07) is 3.70. The van der Waals surface area contributed by atoms with Crippen LogP contribution in [0.1, 0.15) is 4.88 Å². The summed E-state index contributed by atoms with van der Waals surface area (Å²) < 4.78 is 4.44. The van der Waals surface area contributed by atoms with Gasteiger partial charge >= 0.3 is 5.97 Å². The highest BCUT2D eigenvalue weighted by atomic mass is 32.2. The molecule has 0 saturated carbocycles. The van der Waals surface area contributed by atoms with Crippen molar-refractivity contribution in [1.82, 2.24) is 4.90 Å². The van der Waals surface area contributed by atoms with Crippen LogP contribution in [0.4, 0.5) is 4.79 Å². The maximum absolute atomic E-state index is 11.9. The summed E-state index contributed by atoms with van der Waals surface area (Å²) in [5, 5.41) is 1.43. The second-order valence-electron chi connectivity index (χ2n) is 3.36. The van der Waals surface area contributed by atoms with E-state index < -0.39 is 17.1 Å². The minimum absolute atomic E-state index is 0.325. The molecule has 2 rings (SSSR count). The third-order valence-corrected chi connectivity index (χ3v) is 3.93. The minimum Gasteiger partial charge on any atom is -0.468 e. The Morgan fingerprint density at radius 3 is 2.89 bits per heavy atom. The van der Waals surface area contributed by atoms with Gasteiger partial charge in [-0.3, -0.25) is 19.3 Å². The normalized spacial score (nSPS) is 17.6. The number of esters is 1. The molecule has 0 spiro atoms. The first-order valence-corrected chi connectivity index (χ1v) is 6.67. The third kappa shape index (κ3) is 2.62. The van der Waals surface area contributed by atoms with Crippen LogP contribution in [0.3, 0.4) is 0 Å². The summed E-state index contributed by atoms with van der Waals surface area (Å²) >= 11 is 2.30. The zero-order valence-corrected chi connectivity index (χ0v) is 11.0. The van der Waals surface area contributed by atoms with Crippen LogP contribution in [0.5, 0.6) is 0 Å². The Morgan fingerprint density at radius 1 is 1.50 bits per heavy atom. The van der Waals surface area contributed by atoms with Crippen molar-refractivity contribution in [3.63, 3.8) is 0 Å². The molecule has 0 N–H and O–H groups in total. The Labute approximate surface area is 111 Å². The lowest BCUT2D eigenvalue weighted by Gasteiger charge is -2.09. The number of carbonyl (C=O) groups is 3. The maximum atomic E-state index is 11.9. The molecule has 0 bridgehead atoms. The van der Waals surface area contributed by atoms with E-state index in [0.717, 1.165) is 21.5 Å². The number of hydrogen-bond donors (Lipinski definition) is 0. The summed E-state index contributed by atoms with van der Waals surface area (Å²) in [5.41, 5.74) is 0. The van der Waals surface area contributed by atoms with Crippen molar-refractivity contribution in [2.45, 2.75) is 0 Å². The van der Waals surface area contributed by atoms with E-state index in [4.69, 9.17) is 0 Å². The Balaban J connectivity index is 2.16. The highest BCUT2D eigenvalue weighted by molar-refractivity contribution is 8.18. The van der Waals surface area contributed by atoms with Crippen LogP contribution in [0.15, 0.2) is 22.4 Å². The molecule has 94 valence electrons. The molecule has 1 aliphatic heterocycles. The van der Waals surface area contributed by atoms with Crippen LogP contribution in [0.25, 0.3) is 6.08 Å². The van der Waals surface area contributed by atoms with Crippen molar-refractivity contribution in [1.29, 1.82) is 0 Å². The Morgan fingerprint density at radius 2 is 2.28 bits per heavy atom. The average Bonchev–Trinajstić information content (AvgIpc) is 2.94. The van der Waals surface area contributed by atoms with Gasteiger partial charge in [-0.2, -0.15) is 0 Å². The minimum atomic E-state index is -0.616. The van der Waals surface area contributed by atoms with Crippen molar-refractivity contribution >= 4 is 46.3 Å². The van der Waals surface area contributed by atoms with Crippen LogP contribution in [-0.4, -0.2) is 35.7 Å². The van der Waals surface area contributed by atoms with E-state index in [1.54, 1.807) is 6.08 Å². The standard InChI is InChI=1S/C11H9NO4S2/c1-16-9(13)6-12-10(14)8(18-11(12)15)5-7-3-2-4-17-7/h2-5H,6H2,1H3/b8-5+. The summed E-state index contributed by atoms with van der Waals surface area (Å²) in [6.45, 7) is -0.344. The smallest absolute Gasteiger partial charge is 0.325 e. The predicted octanol–water partition coefficient (Wildman–Crippen LogP) is 1.96. The first-order valence-electron chi connectivity index (χ1n) is 4.97. The molecule has 1 aromatic rings. The molecule has 0 atom stereocenters. The van der Waals surface area contributed by atoms with Gasteiger partial charge < -0.3 is 4.74 Å². The fourth-order valence-corrected chi connectivity index (χ4v) is 2.89. The Bertz CT molecular complexity index is 521. The lowest BCUT2D eigenvalue weighted by Crippen LogP contribution is -2.34. The van der Waals surface area contributed by atoms with Gasteiger partial charge in [0.2, 0.25) is 0 Å². The highest BCUT2D eigenvalue weighted by Crippen LogP contribution is 2.32. The first-order chi connectivity index (χ1) is 8.61. The number of imide groups is 1. The largest absolute Gasteiger partial charge is 0.468 e. The lowest BCUT2D eigenvalue weighted by molar-refractivity contribution is -0.143. The molecule has 0 radical (unpaired) electrons. The summed E-state index contributed by atoms with van der Waals surface area (Å²) in [6.07, 6.45) is 1.65. The number of methoxy groups -OCH3 is 1. The number of thiophene rings is 1. The fourth-order valence-electron chi connectivity index (χ4n) is 1.33. The molecule has 0 aliphatic carbocycles. The molecule has 1 aliphatic rings. The first kappa shape index (κ1) is 12.8. The van der Waals surface area contributed by atoms with Gasteiger partial charge in [-0.05, 0) is 29.3 Å². The van der Waals surface area contributed by atoms with Crippen LogP contribution in [0.2, 0.25) is 0 Å². The molecule has 0 unspecified atom stereocenters. The molecular formula is C11H9NO4S2. The molecular weight excluding hydrogens is 274 g/mol. The molecule has 0 aromatic carbocycles. The summed E-state index contributed by atoms with van der Waals surface area (Å²) in [5.74, 6) is -1.07. The van der Waals surface area contributed by atoms with Gasteiger partial charge in [0.25, 0.3) is 11.1 Å². The van der Waals surface area contributed by atoms with Crippen molar-refractivity contribution in [3.05, 3.63) is 27.3 Å². The second kappa shape index (κ2) is 5.36. The van der Waals surface area contributed by atoms with Crippen LogP contribution in [0, 0.1) is 0 Å². The number of thioether (sulfide) groups is 1. The summed E-state index contributed by atoms with van der Waals surface area (Å²) in [4.78, 5) is 36.7. The van der Waals surface area contributed by atoms with Gasteiger partial charge in [-0.15, -0.1) is 11.3 Å². The molecule has 5 nitrogen and oxygen atoms in total. The molecule has 1 aromatic heterocycles. The Hall–Kier alpha value is -1.60. The van der Waals surface area contributed by atoms with Crippen LogP contribution < -0.4 is 0 Å². The molecule has 1 fully saturated rings. The second-order valence-corrected chi connectivity index (χ2v) is 5.33. The zero-order valence-electron chi connectivity index (χ0n) is 9.41. The van der Waals surface area contributed by atoms with E-state index in [0.29, 0.717) is 4.91 Å². The van der Waals surface area contributed by atoms with E-state index in [1.165, 1.54) is 18.4 Å². The van der Waals surface area contributed by atoms with E-state index in [2.05, 4.69) is 4.74 Å². The van der Waals surface area contributed by atoms with E-state index in [-0.39, 0.29) is 6.54 Å². The van der Waals surface area contributed by atoms with Crippen molar-refractivity contribution < 1.29 is 19.1 Å². The molecule has 2 heterocycles. The predicted molar refractivity (Wildman–Crippen MR) is 69.0 cm³/mol. The molecule has 1 saturated heterocycles. The number of rotatable bonds is 3. The number of amides is 2. The molecule has 7 heteroatoms. The van der Waals surface area contributed by atoms with Gasteiger partial charge in [-0.25, -0.2) is 0 Å². The number of hydrogen-bond acceptors (Lipinski definition) is 6. The van der Waals surface area contributed by atoms with Gasteiger partial charge in [-0.1, -0.05) is 6.07 Å². The van der Waals surface area contributed by atoms with Gasteiger partial charge in [0, 0.05) is 4.88 Å². The maximum Gasteiger partial charge on any atom is 0.325 e. The van der Waals surface area contributed by atoms with Crippen LogP contribution >= 0.6 is 23.1 Å². The summed E-state index contributed by atoms with van der Waals surface area (Å²) in [7, 11) is 1.21. The van der Waals surface area contributed by atoms with Gasteiger partial charge in [0.1, 0.15) is 6.54 Å². The molecule has 18 heavy (non-hydrogen) atoms. The lowest BCUT2D eigenvalue weighted by atomic mass is 10.3. The monoisotopic (exact) mass is 283 g/mol. The zero-order chi connectivity index (χ0) is 13.1. The number of ether oxygens (including phenoxy) is 1. The van der Waals surface area contributed by atoms with Crippen LogP contribution in [-0.2, 0) is 14.3 Å². The SMILES string of the molecule is COC(=O)CN1C(=O)S/C(=C/c2cccs2)C1=O. The Kier molecular flexibility index (Phi) is 3.83.